The maximum absolute atomic E-state index is 8.15. The van der Waals surface area contributed by atoms with Gasteiger partial charge in [-0.25, -0.2) is 0 Å². The standard InChI is InChI=1S/C6H6S.C4H11NO4/c7-6-4-2-1-3-5-6;6-1-3-8-5-9-4-2-7/h1-5,7H;5-7H,1-4H2. The van der Waals surface area contributed by atoms with Gasteiger partial charge in [0, 0.05) is 4.90 Å². The van der Waals surface area contributed by atoms with Gasteiger partial charge in [-0.3, -0.25) is 9.68 Å². The lowest BCUT2D eigenvalue weighted by Gasteiger charge is -2.01. The average Bonchev–Trinajstić information content (AvgIpc) is 2.31. The van der Waals surface area contributed by atoms with Crippen molar-refractivity contribution in [1.82, 2.24) is 5.64 Å². The summed E-state index contributed by atoms with van der Waals surface area (Å²) in [6, 6.07) is 9.79. The summed E-state index contributed by atoms with van der Waals surface area (Å²) in [5.41, 5.74) is 2.07. The predicted octanol–water partition coefficient (Wildman–Crippen LogP) is 0.399. The Hall–Kier alpha value is -0.630. The number of aliphatic hydroxyl groups excluding tert-OH is 2. The molecule has 0 atom stereocenters. The summed E-state index contributed by atoms with van der Waals surface area (Å²) in [5, 5.41) is 16.3. The summed E-state index contributed by atoms with van der Waals surface area (Å²) in [5.74, 6) is 0. The summed E-state index contributed by atoms with van der Waals surface area (Å²) < 4.78 is 0. The van der Waals surface area contributed by atoms with Gasteiger partial charge in [0.2, 0.25) is 0 Å². The second-order valence-electron chi connectivity index (χ2n) is 2.56. The van der Waals surface area contributed by atoms with Crippen LogP contribution in [0.3, 0.4) is 0 Å². The Kier molecular flexibility index (Phi) is 11.9. The van der Waals surface area contributed by atoms with Crippen LogP contribution in [-0.4, -0.2) is 36.6 Å². The number of benzene rings is 1. The maximum Gasteiger partial charge on any atom is 0.0940 e. The zero-order valence-electron chi connectivity index (χ0n) is 8.87. The van der Waals surface area contributed by atoms with Crippen molar-refractivity contribution in [3.8, 4) is 0 Å². The molecule has 0 aliphatic carbocycles. The van der Waals surface area contributed by atoms with Gasteiger partial charge in [0.15, 0.2) is 0 Å². The van der Waals surface area contributed by atoms with E-state index < -0.39 is 0 Å². The Morgan fingerprint density at radius 1 is 1.00 bits per heavy atom. The third-order valence-electron chi connectivity index (χ3n) is 1.26. The molecule has 0 bridgehead atoms. The third kappa shape index (κ3) is 11.4. The Balaban J connectivity index is 0.000000288. The number of hydrogen-bond donors (Lipinski definition) is 4. The van der Waals surface area contributed by atoms with Crippen LogP contribution in [0.2, 0.25) is 0 Å². The summed E-state index contributed by atoms with van der Waals surface area (Å²) >= 11 is 4.08. The van der Waals surface area contributed by atoms with Crippen LogP contribution >= 0.6 is 12.6 Å². The summed E-state index contributed by atoms with van der Waals surface area (Å²) in [4.78, 5) is 9.92. The number of hydrogen-bond acceptors (Lipinski definition) is 6. The first kappa shape index (κ1) is 15.4. The van der Waals surface area contributed by atoms with Crippen molar-refractivity contribution in [1.29, 1.82) is 0 Å². The minimum atomic E-state index is -0.0600. The molecule has 0 saturated carbocycles. The van der Waals surface area contributed by atoms with E-state index in [9.17, 15) is 0 Å². The predicted molar refractivity (Wildman–Crippen MR) is 62.9 cm³/mol. The van der Waals surface area contributed by atoms with Crippen LogP contribution in [0.1, 0.15) is 0 Å². The zero-order chi connectivity index (χ0) is 12.1. The molecular weight excluding hydrogens is 230 g/mol. The van der Waals surface area contributed by atoms with Crippen molar-refractivity contribution < 1.29 is 19.9 Å². The van der Waals surface area contributed by atoms with Crippen LogP contribution in [-0.2, 0) is 9.68 Å². The first-order valence-electron chi connectivity index (χ1n) is 4.75. The fourth-order valence-corrected chi connectivity index (χ4v) is 0.816. The molecule has 0 aromatic heterocycles. The molecule has 0 radical (unpaired) electrons. The highest BCUT2D eigenvalue weighted by Crippen LogP contribution is 2.00. The fourth-order valence-electron chi connectivity index (χ4n) is 0.644. The van der Waals surface area contributed by atoms with E-state index in [-0.39, 0.29) is 26.4 Å². The molecule has 0 fully saturated rings. The van der Waals surface area contributed by atoms with Crippen LogP contribution in [0.15, 0.2) is 35.2 Å². The lowest BCUT2D eigenvalue weighted by atomic mass is 10.4. The van der Waals surface area contributed by atoms with Crippen molar-refractivity contribution >= 4 is 12.6 Å². The minimum Gasteiger partial charge on any atom is -0.394 e. The van der Waals surface area contributed by atoms with Crippen LogP contribution in [0.4, 0.5) is 0 Å². The molecule has 6 heteroatoms. The highest BCUT2D eigenvalue weighted by Gasteiger charge is 1.83. The quantitative estimate of drug-likeness (QED) is 0.333. The largest absolute Gasteiger partial charge is 0.394 e. The van der Waals surface area contributed by atoms with Crippen LogP contribution in [0.25, 0.3) is 0 Å². The van der Waals surface area contributed by atoms with Gasteiger partial charge < -0.3 is 10.2 Å². The van der Waals surface area contributed by atoms with E-state index in [0.29, 0.717) is 0 Å². The van der Waals surface area contributed by atoms with Crippen LogP contribution in [0, 0.1) is 0 Å². The molecule has 0 heterocycles. The third-order valence-corrected chi connectivity index (χ3v) is 1.56. The smallest absolute Gasteiger partial charge is 0.0940 e. The first-order valence-corrected chi connectivity index (χ1v) is 5.20. The number of nitrogens with one attached hydrogen (secondary N) is 1. The molecule has 0 unspecified atom stereocenters. The number of aliphatic hydroxyl groups is 2. The first-order chi connectivity index (χ1) is 7.81. The van der Waals surface area contributed by atoms with Gasteiger partial charge in [-0.2, -0.15) is 0 Å². The van der Waals surface area contributed by atoms with Gasteiger partial charge in [0.1, 0.15) is 0 Å². The monoisotopic (exact) mass is 247 g/mol. The SMILES string of the molecule is OCCONOCCO.Sc1ccccc1. The van der Waals surface area contributed by atoms with Gasteiger partial charge >= 0.3 is 0 Å². The van der Waals surface area contributed by atoms with E-state index in [4.69, 9.17) is 10.2 Å². The Morgan fingerprint density at radius 3 is 1.81 bits per heavy atom. The van der Waals surface area contributed by atoms with Gasteiger partial charge in [0.25, 0.3) is 0 Å². The zero-order valence-corrected chi connectivity index (χ0v) is 9.77. The topological polar surface area (TPSA) is 71.0 Å². The van der Waals surface area contributed by atoms with Crippen LogP contribution in [0.5, 0.6) is 0 Å². The van der Waals surface area contributed by atoms with E-state index in [0.717, 1.165) is 4.90 Å². The average molecular weight is 247 g/mol. The molecule has 1 aromatic carbocycles. The van der Waals surface area contributed by atoms with Gasteiger partial charge in [-0.1, -0.05) is 23.8 Å². The Morgan fingerprint density at radius 2 is 1.50 bits per heavy atom. The lowest BCUT2D eigenvalue weighted by Crippen LogP contribution is -2.19. The number of rotatable bonds is 6. The normalized spacial score (nSPS) is 9.44. The molecule has 0 aliphatic rings. The van der Waals surface area contributed by atoms with Crippen molar-refractivity contribution in [2.24, 2.45) is 0 Å². The molecule has 0 amide bonds. The maximum atomic E-state index is 8.15. The van der Waals surface area contributed by atoms with Gasteiger partial charge in [0.05, 0.1) is 26.4 Å². The molecule has 1 rings (SSSR count). The van der Waals surface area contributed by atoms with E-state index in [2.05, 4.69) is 27.9 Å². The fraction of sp³-hybridized carbons (Fsp3) is 0.400. The second kappa shape index (κ2) is 12.4. The number of thiol groups is 1. The molecule has 0 spiro atoms. The van der Waals surface area contributed by atoms with E-state index in [1.165, 1.54) is 0 Å². The highest BCUT2D eigenvalue weighted by molar-refractivity contribution is 7.80. The summed E-state index contributed by atoms with van der Waals surface area (Å²) in [6.45, 7) is 0.224. The molecule has 3 N–H and O–H groups in total. The highest BCUT2D eigenvalue weighted by atomic mass is 32.1. The van der Waals surface area contributed by atoms with Crippen molar-refractivity contribution in [3.63, 3.8) is 0 Å². The Bertz CT molecular complexity index is 230. The molecule has 0 aliphatic heterocycles. The van der Waals surface area contributed by atoms with Crippen molar-refractivity contribution in [2.75, 3.05) is 26.4 Å². The molecule has 92 valence electrons. The summed E-state index contributed by atoms with van der Waals surface area (Å²) in [6.07, 6.45) is 0. The minimum absolute atomic E-state index is 0.0600. The van der Waals surface area contributed by atoms with E-state index in [1.54, 1.807) is 0 Å². The van der Waals surface area contributed by atoms with Crippen molar-refractivity contribution in [3.05, 3.63) is 30.3 Å². The molecule has 16 heavy (non-hydrogen) atoms. The Labute approximate surface area is 100 Å². The summed E-state index contributed by atoms with van der Waals surface area (Å²) in [7, 11) is 0. The molecular formula is C10H17NO4S. The second-order valence-corrected chi connectivity index (χ2v) is 3.08. The van der Waals surface area contributed by atoms with Crippen molar-refractivity contribution in [2.45, 2.75) is 4.90 Å². The van der Waals surface area contributed by atoms with Gasteiger partial charge in [-0.05, 0) is 12.1 Å². The van der Waals surface area contributed by atoms with E-state index in [1.807, 2.05) is 30.3 Å². The molecule has 5 nitrogen and oxygen atoms in total. The molecule has 0 saturated heterocycles. The van der Waals surface area contributed by atoms with Gasteiger partial charge in [-0.15, -0.1) is 12.6 Å². The van der Waals surface area contributed by atoms with E-state index >= 15 is 0 Å². The van der Waals surface area contributed by atoms with Crippen LogP contribution < -0.4 is 5.64 Å². The molecule has 1 aromatic rings. The lowest BCUT2D eigenvalue weighted by molar-refractivity contribution is -0.178.